The van der Waals surface area contributed by atoms with Crippen LogP contribution in [0.4, 0.5) is 0 Å². The van der Waals surface area contributed by atoms with Gasteiger partial charge in [-0.15, -0.1) is 0 Å². The van der Waals surface area contributed by atoms with Crippen molar-refractivity contribution in [2.45, 2.75) is 38.8 Å². The summed E-state index contributed by atoms with van der Waals surface area (Å²) in [7, 11) is 0. The van der Waals surface area contributed by atoms with Gasteiger partial charge in [-0.1, -0.05) is 19.9 Å². The van der Waals surface area contributed by atoms with Gasteiger partial charge >= 0.3 is 11.9 Å². The maximum atomic E-state index is 11.7. The third kappa shape index (κ3) is 5.81. The Morgan fingerprint density at radius 2 is 1.95 bits per heavy atom. The molecule has 1 amide bonds. The number of rotatable bonds is 7. The second kappa shape index (κ2) is 8.28. The molecule has 0 rings (SSSR count). The molecular weight excluding hydrogens is 268 g/mol. The molecule has 0 spiro atoms. The predicted molar refractivity (Wildman–Crippen MR) is 68.7 cm³/mol. The van der Waals surface area contributed by atoms with E-state index < -0.39 is 30.1 Å². The second-order valence-corrected chi connectivity index (χ2v) is 4.24. The molecule has 0 aromatic carbocycles. The van der Waals surface area contributed by atoms with Crippen LogP contribution in [0.2, 0.25) is 0 Å². The van der Waals surface area contributed by atoms with Gasteiger partial charge in [-0.3, -0.25) is 4.79 Å². The minimum Gasteiger partial charge on any atom is -0.362 e. The van der Waals surface area contributed by atoms with Gasteiger partial charge in [0.05, 0.1) is 6.54 Å². The van der Waals surface area contributed by atoms with Crippen molar-refractivity contribution in [3.8, 4) is 0 Å². The van der Waals surface area contributed by atoms with Crippen molar-refractivity contribution in [2.75, 3.05) is 6.54 Å². The van der Waals surface area contributed by atoms with Gasteiger partial charge in [-0.05, 0) is 13.3 Å². The molecule has 0 fully saturated rings. The molecule has 0 saturated heterocycles. The lowest BCUT2D eigenvalue weighted by molar-refractivity contribution is -0.269. The van der Waals surface area contributed by atoms with Crippen molar-refractivity contribution in [1.82, 2.24) is 5.32 Å². The maximum absolute atomic E-state index is 11.7. The molecule has 1 atom stereocenters. The van der Waals surface area contributed by atoms with E-state index in [0.717, 1.165) is 0 Å². The van der Waals surface area contributed by atoms with E-state index in [2.05, 4.69) is 16.4 Å². The Kier molecular flexibility index (Phi) is 7.48. The third-order valence-electron chi connectivity index (χ3n) is 2.30. The molecule has 0 aromatic rings. The molecule has 8 heteroatoms. The molecule has 0 aliphatic rings. The number of hydrogen-bond donors (Lipinski definition) is 3. The number of aliphatic hydroxyl groups is 1. The van der Waals surface area contributed by atoms with E-state index in [9.17, 15) is 19.5 Å². The largest absolute Gasteiger partial charge is 0.407 e. The van der Waals surface area contributed by atoms with Crippen LogP contribution in [0.5, 0.6) is 0 Å². The van der Waals surface area contributed by atoms with Crippen LogP contribution in [0.1, 0.15) is 33.1 Å². The number of carbonyl (C=O) groups excluding carboxylic acids is 3. The van der Waals surface area contributed by atoms with Gasteiger partial charge in [0, 0.05) is 12.0 Å². The Morgan fingerprint density at radius 3 is 2.40 bits per heavy atom. The lowest BCUT2D eigenvalue weighted by atomic mass is 10.1. The van der Waals surface area contributed by atoms with Crippen molar-refractivity contribution in [2.24, 2.45) is 5.73 Å². The summed E-state index contributed by atoms with van der Waals surface area (Å²) in [6, 6.07) is 0. The molecule has 0 bridgehead atoms. The van der Waals surface area contributed by atoms with E-state index in [4.69, 9.17) is 5.73 Å². The standard InChI is InChI=1S/C12H20N2O6/c1-4-5-6-12(18,14-9(15)7-13)11(17)20-19-10(16)8(2)3/h18H,2,4-7,13H2,1,3H3,(H,14,15). The summed E-state index contributed by atoms with van der Waals surface area (Å²) in [5.74, 6) is -3.00. The fourth-order valence-corrected chi connectivity index (χ4v) is 1.15. The fraction of sp³-hybridized carbons (Fsp3) is 0.583. The average molecular weight is 288 g/mol. The van der Waals surface area contributed by atoms with Crippen molar-refractivity contribution in [1.29, 1.82) is 0 Å². The van der Waals surface area contributed by atoms with Crippen molar-refractivity contribution in [3.63, 3.8) is 0 Å². The van der Waals surface area contributed by atoms with E-state index in [-0.39, 0.29) is 12.0 Å². The van der Waals surface area contributed by atoms with E-state index in [0.29, 0.717) is 12.8 Å². The molecule has 1 unspecified atom stereocenters. The van der Waals surface area contributed by atoms with Crippen molar-refractivity contribution >= 4 is 17.8 Å². The molecule has 0 aliphatic carbocycles. The first-order chi connectivity index (χ1) is 9.26. The summed E-state index contributed by atoms with van der Waals surface area (Å²) in [5, 5.41) is 12.1. The van der Waals surface area contributed by atoms with Crippen molar-refractivity contribution in [3.05, 3.63) is 12.2 Å². The Labute approximate surface area is 116 Å². The molecule has 0 radical (unpaired) electrons. The highest BCUT2D eigenvalue weighted by atomic mass is 17.2. The maximum Gasteiger partial charge on any atom is 0.407 e. The predicted octanol–water partition coefficient (Wildman–Crippen LogP) is -0.482. The van der Waals surface area contributed by atoms with E-state index in [1.54, 1.807) is 0 Å². The zero-order chi connectivity index (χ0) is 15.8. The Hall–Kier alpha value is -1.93. The molecule has 20 heavy (non-hydrogen) atoms. The van der Waals surface area contributed by atoms with E-state index >= 15 is 0 Å². The Morgan fingerprint density at radius 1 is 1.35 bits per heavy atom. The quantitative estimate of drug-likeness (QED) is 0.250. The zero-order valence-electron chi connectivity index (χ0n) is 11.6. The highest BCUT2D eigenvalue weighted by molar-refractivity contribution is 5.89. The van der Waals surface area contributed by atoms with Gasteiger partial charge in [0.15, 0.2) is 0 Å². The Bertz CT molecular complexity index is 395. The minimum atomic E-state index is -2.29. The lowest BCUT2D eigenvalue weighted by Gasteiger charge is -2.25. The molecule has 0 heterocycles. The number of amides is 1. The topological polar surface area (TPSA) is 128 Å². The molecular formula is C12H20N2O6. The third-order valence-corrected chi connectivity index (χ3v) is 2.30. The number of nitrogens with one attached hydrogen (secondary N) is 1. The highest BCUT2D eigenvalue weighted by Gasteiger charge is 2.40. The van der Waals surface area contributed by atoms with Crippen LogP contribution in [-0.4, -0.2) is 35.2 Å². The molecule has 0 saturated carbocycles. The van der Waals surface area contributed by atoms with Gasteiger partial charge in [0.25, 0.3) is 0 Å². The van der Waals surface area contributed by atoms with Crippen LogP contribution >= 0.6 is 0 Å². The van der Waals surface area contributed by atoms with Gasteiger partial charge in [0.1, 0.15) is 0 Å². The summed E-state index contributed by atoms with van der Waals surface area (Å²) in [6.45, 7) is 6.07. The number of unbranched alkanes of at least 4 members (excludes halogenated alkanes) is 1. The minimum absolute atomic E-state index is 0.0147. The smallest absolute Gasteiger partial charge is 0.362 e. The van der Waals surface area contributed by atoms with Gasteiger partial charge in [-0.2, -0.15) is 0 Å². The highest BCUT2D eigenvalue weighted by Crippen LogP contribution is 2.14. The summed E-state index contributed by atoms with van der Waals surface area (Å²) in [6.07, 6.45) is 1.00. The summed E-state index contributed by atoms with van der Waals surface area (Å²) >= 11 is 0. The summed E-state index contributed by atoms with van der Waals surface area (Å²) in [5.41, 5.74) is 2.82. The van der Waals surface area contributed by atoms with Crippen LogP contribution in [0, 0.1) is 0 Å². The molecule has 4 N–H and O–H groups in total. The van der Waals surface area contributed by atoms with Crippen LogP contribution in [0.3, 0.4) is 0 Å². The monoisotopic (exact) mass is 288 g/mol. The number of carbonyl (C=O) groups is 3. The van der Waals surface area contributed by atoms with E-state index in [1.807, 2.05) is 12.2 Å². The average Bonchev–Trinajstić information content (AvgIpc) is 2.41. The lowest BCUT2D eigenvalue weighted by Crippen LogP contribution is -2.56. The van der Waals surface area contributed by atoms with E-state index in [1.165, 1.54) is 6.92 Å². The summed E-state index contributed by atoms with van der Waals surface area (Å²) in [4.78, 5) is 42.4. The van der Waals surface area contributed by atoms with Crippen LogP contribution in [0.15, 0.2) is 12.2 Å². The van der Waals surface area contributed by atoms with Crippen LogP contribution < -0.4 is 11.1 Å². The summed E-state index contributed by atoms with van der Waals surface area (Å²) < 4.78 is 0. The number of nitrogens with two attached hydrogens (primary N) is 1. The van der Waals surface area contributed by atoms with Crippen molar-refractivity contribution < 1.29 is 29.3 Å². The number of hydrogen-bond acceptors (Lipinski definition) is 7. The molecule has 8 nitrogen and oxygen atoms in total. The SMILES string of the molecule is C=C(C)C(=O)OOC(=O)C(O)(CCCC)NC(=O)CN. The fourth-order valence-electron chi connectivity index (χ4n) is 1.15. The first kappa shape index (κ1) is 18.1. The van der Waals surface area contributed by atoms with Gasteiger partial charge < -0.3 is 16.2 Å². The van der Waals surface area contributed by atoms with Gasteiger partial charge in [0.2, 0.25) is 11.6 Å². The Balaban J connectivity index is 4.74. The second-order valence-electron chi connectivity index (χ2n) is 4.24. The first-order valence-electron chi connectivity index (χ1n) is 6.09. The molecule has 0 aromatic heterocycles. The first-order valence-corrected chi connectivity index (χ1v) is 6.09. The van der Waals surface area contributed by atoms with Crippen LogP contribution in [-0.2, 0) is 24.2 Å². The zero-order valence-corrected chi connectivity index (χ0v) is 11.6. The molecule has 114 valence electrons. The van der Waals surface area contributed by atoms with Crippen LogP contribution in [0.25, 0.3) is 0 Å². The normalized spacial score (nSPS) is 13.0. The van der Waals surface area contributed by atoms with Gasteiger partial charge in [-0.25, -0.2) is 19.4 Å². The molecule has 0 aliphatic heterocycles.